The molecule has 0 N–H and O–H groups in total. The average Bonchev–Trinajstić information content (AvgIpc) is 2.91. The van der Waals surface area contributed by atoms with Gasteiger partial charge in [0.15, 0.2) is 6.61 Å². The topological polar surface area (TPSA) is 127 Å². The van der Waals surface area contributed by atoms with Gasteiger partial charge in [0.2, 0.25) is 0 Å². The maximum Gasteiger partial charge on any atom is 0.326 e. The van der Waals surface area contributed by atoms with Crippen LogP contribution in [0.5, 0.6) is 0 Å². The molecule has 10 nitrogen and oxygen atoms in total. The number of nitro groups is 1. The number of amides is 3. The lowest BCUT2D eigenvalue weighted by Crippen LogP contribution is -2.38. The van der Waals surface area contributed by atoms with Crippen LogP contribution < -0.4 is 0 Å². The Hall–Kier alpha value is -3.30. The van der Waals surface area contributed by atoms with Crippen LogP contribution in [0.25, 0.3) is 0 Å². The number of imide groups is 1. The first kappa shape index (κ1) is 21.0. The molecule has 150 valence electrons. The van der Waals surface area contributed by atoms with Gasteiger partial charge in [-0.2, -0.15) is 0 Å². The number of unbranched alkanes of at least 4 members (excludes halogenated alkanes) is 1. The second kappa shape index (κ2) is 9.07. The summed E-state index contributed by atoms with van der Waals surface area (Å²) in [4.78, 5) is 61.3. The smallest absolute Gasteiger partial charge is 0.326 e. The Kier molecular flexibility index (Phi) is 6.80. The highest BCUT2D eigenvalue weighted by Crippen LogP contribution is 2.30. The number of ether oxygens (including phenoxy) is 1. The molecule has 1 aliphatic rings. The Morgan fingerprint density at radius 3 is 2.54 bits per heavy atom. The maximum absolute atomic E-state index is 12.4. The van der Waals surface area contributed by atoms with Gasteiger partial charge in [-0.05, 0) is 19.4 Å². The van der Waals surface area contributed by atoms with Gasteiger partial charge in [-0.25, -0.2) is 0 Å². The van der Waals surface area contributed by atoms with Crippen LogP contribution in [0.2, 0.25) is 0 Å². The van der Waals surface area contributed by atoms with E-state index in [2.05, 4.69) is 0 Å². The van der Waals surface area contributed by atoms with Gasteiger partial charge in [0.05, 0.1) is 10.5 Å². The lowest BCUT2D eigenvalue weighted by molar-refractivity contribution is -0.385. The van der Waals surface area contributed by atoms with Gasteiger partial charge in [0.1, 0.15) is 12.1 Å². The van der Waals surface area contributed by atoms with Crippen LogP contribution in [-0.4, -0.2) is 64.7 Å². The average molecular weight is 391 g/mol. The van der Waals surface area contributed by atoms with E-state index in [4.69, 9.17) is 4.74 Å². The van der Waals surface area contributed by atoms with E-state index in [-0.39, 0.29) is 17.0 Å². The molecule has 0 saturated carbocycles. The summed E-state index contributed by atoms with van der Waals surface area (Å²) in [5, 5.41) is 11.1. The fourth-order valence-corrected chi connectivity index (χ4v) is 2.83. The molecule has 0 unspecified atom stereocenters. The molecule has 28 heavy (non-hydrogen) atoms. The highest BCUT2D eigenvalue weighted by Gasteiger charge is 2.42. The molecule has 0 spiro atoms. The lowest BCUT2D eigenvalue weighted by Gasteiger charge is -2.20. The molecule has 0 fully saturated rings. The van der Waals surface area contributed by atoms with Crippen LogP contribution in [0.15, 0.2) is 18.2 Å². The first-order valence-electron chi connectivity index (χ1n) is 8.88. The third kappa shape index (κ3) is 4.33. The highest BCUT2D eigenvalue weighted by atomic mass is 16.6. The van der Waals surface area contributed by atoms with E-state index in [1.54, 1.807) is 11.8 Å². The number of nitro benzene ring substituents is 1. The molecular formula is C18H21N3O7. The quantitative estimate of drug-likeness (QED) is 0.269. The lowest BCUT2D eigenvalue weighted by atomic mass is 10.1. The first-order valence-corrected chi connectivity index (χ1v) is 8.88. The van der Waals surface area contributed by atoms with Crippen LogP contribution in [-0.2, 0) is 14.3 Å². The van der Waals surface area contributed by atoms with E-state index in [0.29, 0.717) is 18.0 Å². The van der Waals surface area contributed by atoms with Crippen LogP contribution in [0.3, 0.4) is 0 Å². The minimum absolute atomic E-state index is 0.139. The number of nitrogens with zero attached hydrogens (tertiary/aromatic N) is 3. The molecule has 2 rings (SSSR count). The number of fused-ring (bicyclic) bond motifs is 1. The van der Waals surface area contributed by atoms with Gasteiger partial charge in [-0.3, -0.25) is 34.2 Å². The monoisotopic (exact) mass is 391 g/mol. The first-order chi connectivity index (χ1) is 13.3. The van der Waals surface area contributed by atoms with Crippen molar-refractivity contribution in [2.75, 3.05) is 26.2 Å². The Labute approximate surface area is 161 Å². The third-order valence-corrected chi connectivity index (χ3v) is 4.33. The van der Waals surface area contributed by atoms with Crippen molar-refractivity contribution in [1.82, 2.24) is 9.80 Å². The van der Waals surface area contributed by atoms with Crippen LogP contribution in [0.4, 0.5) is 5.69 Å². The predicted octanol–water partition coefficient (Wildman–Crippen LogP) is 1.38. The van der Waals surface area contributed by atoms with Gasteiger partial charge in [0.25, 0.3) is 23.4 Å². The van der Waals surface area contributed by atoms with Gasteiger partial charge in [-0.1, -0.05) is 19.4 Å². The summed E-state index contributed by atoms with van der Waals surface area (Å²) in [6, 6.07) is 3.68. The fourth-order valence-electron chi connectivity index (χ4n) is 2.83. The third-order valence-electron chi connectivity index (χ3n) is 4.33. The van der Waals surface area contributed by atoms with Crippen molar-refractivity contribution in [1.29, 1.82) is 0 Å². The zero-order chi connectivity index (χ0) is 20.8. The second-order valence-electron chi connectivity index (χ2n) is 6.14. The SMILES string of the molecule is CCCCN(CC)C(=O)COC(=O)CN1C(=O)c2cccc([N+](=O)[O-])c2C1=O. The van der Waals surface area contributed by atoms with E-state index < -0.39 is 41.5 Å². The van der Waals surface area contributed by atoms with Crippen LogP contribution in [0.1, 0.15) is 47.4 Å². The van der Waals surface area contributed by atoms with Crippen molar-refractivity contribution >= 4 is 29.4 Å². The van der Waals surface area contributed by atoms with E-state index in [1.165, 1.54) is 12.1 Å². The molecule has 0 aliphatic carbocycles. The number of hydrogen-bond donors (Lipinski definition) is 0. The number of likely N-dealkylation sites (N-methyl/N-ethyl adjacent to an activating group) is 1. The molecule has 0 aromatic heterocycles. The Morgan fingerprint density at radius 2 is 1.93 bits per heavy atom. The van der Waals surface area contributed by atoms with Crippen molar-refractivity contribution in [3.8, 4) is 0 Å². The van der Waals surface area contributed by atoms with Gasteiger partial charge < -0.3 is 9.64 Å². The summed E-state index contributed by atoms with van der Waals surface area (Å²) >= 11 is 0. The minimum Gasteiger partial charge on any atom is -0.454 e. The maximum atomic E-state index is 12.4. The zero-order valence-corrected chi connectivity index (χ0v) is 15.7. The molecule has 1 aliphatic heterocycles. The molecular weight excluding hydrogens is 370 g/mol. The number of benzene rings is 1. The summed E-state index contributed by atoms with van der Waals surface area (Å²) in [5.74, 6) is -3.07. The summed E-state index contributed by atoms with van der Waals surface area (Å²) in [7, 11) is 0. The summed E-state index contributed by atoms with van der Waals surface area (Å²) in [5.41, 5.74) is -0.991. The molecule has 0 bridgehead atoms. The van der Waals surface area contributed by atoms with Crippen molar-refractivity contribution < 1.29 is 28.8 Å². The second-order valence-corrected chi connectivity index (χ2v) is 6.14. The molecule has 1 aromatic carbocycles. The molecule has 1 aromatic rings. The van der Waals surface area contributed by atoms with Crippen molar-refractivity contribution in [3.05, 3.63) is 39.4 Å². The van der Waals surface area contributed by atoms with Crippen molar-refractivity contribution in [2.24, 2.45) is 0 Å². The number of carbonyl (C=O) groups is 4. The largest absolute Gasteiger partial charge is 0.454 e. The van der Waals surface area contributed by atoms with Crippen molar-refractivity contribution in [2.45, 2.75) is 26.7 Å². The molecule has 1 heterocycles. The van der Waals surface area contributed by atoms with Gasteiger partial charge in [0, 0.05) is 19.2 Å². The molecule has 3 amide bonds. The molecule has 0 saturated heterocycles. The number of carbonyl (C=O) groups excluding carboxylic acids is 4. The van der Waals surface area contributed by atoms with Crippen LogP contribution >= 0.6 is 0 Å². The summed E-state index contributed by atoms with van der Waals surface area (Å²) in [6.07, 6.45) is 1.73. The summed E-state index contributed by atoms with van der Waals surface area (Å²) < 4.78 is 4.89. The Balaban J connectivity index is 2.00. The van der Waals surface area contributed by atoms with Gasteiger partial charge >= 0.3 is 5.97 Å². The number of esters is 1. The molecule has 0 radical (unpaired) electrons. The van der Waals surface area contributed by atoms with E-state index in [9.17, 15) is 29.3 Å². The van der Waals surface area contributed by atoms with Crippen molar-refractivity contribution in [3.63, 3.8) is 0 Å². The Morgan fingerprint density at radius 1 is 1.21 bits per heavy atom. The number of rotatable bonds is 9. The normalized spacial score (nSPS) is 12.7. The van der Waals surface area contributed by atoms with Gasteiger partial charge in [-0.15, -0.1) is 0 Å². The van der Waals surface area contributed by atoms with E-state index in [0.717, 1.165) is 18.9 Å². The Bertz CT molecular complexity index is 821. The molecule has 10 heteroatoms. The minimum atomic E-state index is -0.947. The molecule has 0 atom stereocenters. The van der Waals surface area contributed by atoms with E-state index >= 15 is 0 Å². The standard InChI is InChI=1S/C18H21N3O7/c1-3-5-9-19(4-2)14(22)11-28-15(23)10-20-17(24)12-7-6-8-13(21(26)27)16(12)18(20)25/h6-8H,3-5,9-11H2,1-2H3. The van der Waals surface area contributed by atoms with Crippen LogP contribution in [0, 0.1) is 10.1 Å². The summed E-state index contributed by atoms with van der Waals surface area (Å²) in [6.45, 7) is 3.59. The highest BCUT2D eigenvalue weighted by molar-refractivity contribution is 6.24. The fraction of sp³-hybridized carbons (Fsp3) is 0.444. The van der Waals surface area contributed by atoms with E-state index in [1.807, 2.05) is 6.92 Å². The zero-order valence-electron chi connectivity index (χ0n) is 15.7. The number of hydrogen-bond acceptors (Lipinski definition) is 7. The predicted molar refractivity (Wildman–Crippen MR) is 96.6 cm³/mol.